The topological polar surface area (TPSA) is 50.7 Å². The first-order chi connectivity index (χ1) is 12.7. The first-order valence-corrected chi connectivity index (χ1v) is 9.35. The molecule has 0 amide bonds. The van der Waals surface area contributed by atoms with Crippen LogP contribution in [0.2, 0.25) is 0 Å². The average Bonchev–Trinajstić information content (AvgIpc) is 2.68. The number of fused-ring (bicyclic) bond motifs is 1. The highest BCUT2D eigenvalue weighted by Crippen LogP contribution is 2.27. The van der Waals surface area contributed by atoms with Gasteiger partial charge in [-0.25, -0.2) is 9.97 Å². The summed E-state index contributed by atoms with van der Waals surface area (Å²) in [4.78, 5) is 13.6. The van der Waals surface area contributed by atoms with Crippen molar-refractivity contribution in [3.8, 4) is 0 Å². The van der Waals surface area contributed by atoms with Crippen molar-refractivity contribution < 1.29 is 0 Å². The summed E-state index contributed by atoms with van der Waals surface area (Å²) in [5.74, 6) is 0.730. The van der Waals surface area contributed by atoms with Crippen molar-refractivity contribution in [2.75, 3.05) is 5.32 Å². The lowest BCUT2D eigenvalue weighted by Crippen LogP contribution is -2.23. The molecule has 4 heteroatoms. The van der Waals surface area contributed by atoms with Gasteiger partial charge in [-0.15, -0.1) is 0 Å². The van der Waals surface area contributed by atoms with Gasteiger partial charge in [0.15, 0.2) is 0 Å². The Morgan fingerprint density at radius 2 is 1.96 bits per heavy atom. The Labute approximate surface area is 154 Å². The zero-order valence-electron chi connectivity index (χ0n) is 15.2. The summed E-state index contributed by atoms with van der Waals surface area (Å²) in [5.41, 5.74) is 4.95. The van der Waals surface area contributed by atoms with Crippen LogP contribution < -0.4 is 5.32 Å². The standard InChI is InChI=1S/C22H24N4/c1-15(17-10-11-21-18(13-17)7-6-12-23-21)20-14-24-22(25-16(20)2)26-19-8-4-3-5-9-19/h6-7,10-14,19H,1,3-5,8-9H2,2H3,(H,24,25,26). The van der Waals surface area contributed by atoms with Crippen LogP contribution in [0.5, 0.6) is 0 Å². The summed E-state index contributed by atoms with van der Waals surface area (Å²) in [7, 11) is 0. The van der Waals surface area contributed by atoms with Crippen LogP contribution in [0, 0.1) is 6.92 Å². The number of nitrogens with zero attached hydrogens (tertiary/aromatic N) is 3. The van der Waals surface area contributed by atoms with E-state index in [-0.39, 0.29) is 0 Å². The molecule has 0 saturated heterocycles. The normalized spacial score (nSPS) is 15.1. The molecular formula is C22H24N4. The number of rotatable bonds is 4. The second-order valence-corrected chi connectivity index (χ2v) is 7.06. The molecule has 4 nitrogen and oxygen atoms in total. The second-order valence-electron chi connectivity index (χ2n) is 7.06. The second kappa shape index (κ2) is 7.24. The fraction of sp³-hybridized carbons (Fsp3) is 0.318. The van der Waals surface area contributed by atoms with Crippen molar-refractivity contribution in [3.05, 3.63) is 66.1 Å². The van der Waals surface area contributed by atoms with Gasteiger partial charge in [0.25, 0.3) is 0 Å². The molecule has 1 aliphatic rings. The maximum Gasteiger partial charge on any atom is 0.223 e. The van der Waals surface area contributed by atoms with E-state index in [1.807, 2.05) is 31.5 Å². The molecule has 26 heavy (non-hydrogen) atoms. The molecule has 132 valence electrons. The maximum absolute atomic E-state index is 4.68. The van der Waals surface area contributed by atoms with Gasteiger partial charge in [0.1, 0.15) is 0 Å². The predicted molar refractivity (Wildman–Crippen MR) is 107 cm³/mol. The maximum atomic E-state index is 4.68. The van der Waals surface area contributed by atoms with Gasteiger partial charge in [-0.05, 0) is 49.1 Å². The molecule has 2 aromatic heterocycles. The molecule has 2 heterocycles. The van der Waals surface area contributed by atoms with Gasteiger partial charge in [0, 0.05) is 29.4 Å². The molecule has 0 aliphatic heterocycles. The zero-order valence-corrected chi connectivity index (χ0v) is 15.2. The minimum atomic E-state index is 0.505. The van der Waals surface area contributed by atoms with Gasteiger partial charge in [-0.1, -0.05) is 38.0 Å². The van der Waals surface area contributed by atoms with Gasteiger partial charge in [0.2, 0.25) is 5.95 Å². The monoisotopic (exact) mass is 344 g/mol. The number of anilines is 1. The number of nitrogens with one attached hydrogen (secondary N) is 1. The quantitative estimate of drug-likeness (QED) is 0.712. The molecule has 0 spiro atoms. The highest BCUT2D eigenvalue weighted by atomic mass is 15.1. The number of benzene rings is 1. The molecular weight excluding hydrogens is 320 g/mol. The summed E-state index contributed by atoms with van der Waals surface area (Å²) >= 11 is 0. The first-order valence-electron chi connectivity index (χ1n) is 9.35. The van der Waals surface area contributed by atoms with Crippen molar-refractivity contribution in [2.24, 2.45) is 0 Å². The first kappa shape index (κ1) is 16.7. The Balaban J connectivity index is 1.56. The highest BCUT2D eigenvalue weighted by molar-refractivity contribution is 5.87. The van der Waals surface area contributed by atoms with Crippen LogP contribution in [-0.2, 0) is 0 Å². The largest absolute Gasteiger partial charge is 0.351 e. The Hall–Kier alpha value is -2.75. The molecule has 1 fully saturated rings. The minimum Gasteiger partial charge on any atom is -0.351 e. The third-order valence-corrected chi connectivity index (χ3v) is 5.19. The number of aryl methyl sites for hydroxylation is 1. The third-order valence-electron chi connectivity index (χ3n) is 5.19. The fourth-order valence-electron chi connectivity index (χ4n) is 3.68. The number of pyridine rings is 1. The summed E-state index contributed by atoms with van der Waals surface area (Å²) in [6.07, 6.45) is 10.1. The van der Waals surface area contributed by atoms with Gasteiger partial charge < -0.3 is 5.32 Å². The smallest absolute Gasteiger partial charge is 0.223 e. The van der Waals surface area contributed by atoms with Crippen LogP contribution in [0.25, 0.3) is 16.5 Å². The van der Waals surface area contributed by atoms with Crippen molar-refractivity contribution in [3.63, 3.8) is 0 Å². The molecule has 1 aliphatic carbocycles. The molecule has 0 radical (unpaired) electrons. The summed E-state index contributed by atoms with van der Waals surface area (Å²) in [6, 6.07) is 10.7. The van der Waals surface area contributed by atoms with E-state index in [0.717, 1.165) is 39.2 Å². The van der Waals surface area contributed by atoms with Crippen LogP contribution >= 0.6 is 0 Å². The molecule has 1 aromatic carbocycles. The molecule has 4 rings (SSSR count). The van der Waals surface area contributed by atoms with Gasteiger partial charge in [0.05, 0.1) is 11.2 Å². The van der Waals surface area contributed by atoms with Crippen LogP contribution in [0.3, 0.4) is 0 Å². The molecule has 0 atom stereocenters. The summed E-state index contributed by atoms with van der Waals surface area (Å²) in [6.45, 7) is 6.31. The molecule has 0 unspecified atom stereocenters. The zero-order chi connectivity index (χ0) is 17.9. The van der Waals surface area contributed by atoms with E-state index < -0.39 is 0 Å². The van der Waals surface area contributed by atoms with E-state index in [1.165, 1.54) is 32.1 Å². The van der Waals surface area contributed by atoms with Crippen molar-refractivity contribution >= 4 is 22.4 Å². The Morgan fingerprint density at radius 3 is 2.77 bits per heavy atom. The highest BCUT2D eigenvalue weighted by Gasteiger charge is 2.15. The van der Waals surface area contributed by atoms with Gasteiger partial charge >= 0.3 is 0 Å². The van der Waals surface area contributed by atoms with Gasteiger partial charge in [-0.3, -0.25) is 4.98 Å². The Morgan fingerprint density at radius 1 is 1.12 bits per heavy atom. The van der Waals surface area contributed by atoms with E-state index >= 15 is 0 Å². The van der Waals surface area contributed by atoms with E-state index in [9.17, 15) is 0 Å². The van der Waals surface area contributed by atoms with Crippen molar-refractivity contribution in [1.29, 1.82) is 0 Å². The number of hydrogen-bond donors (Lipinski definition) is 1. The number of aromatic nitrogens is 3. The molecule has 0 bridgehead atoms. The summed E-state index contributed by atoms with van der Waals surface area (Å²) in [5, 5.41) is 4.60. The van der Waals surface area contributed by atoms with E-state index in [4.69, 9.17) is 0 Å². The van der Waals surface area contributed by atoms with Crippen LogP contribution in [0.15, 0.2) is 49.3 Å². The summed E-state index contributed by atoms with van der Waals surface area (Å²) < 4.78 is 0. The molecule has 1 saturated carbocycles. The minimum absolute atomic E-state index is 0.505. The van der Waals surface area contributed by atoms with Crippen LogP contribution in [0.4, 0.5) is 5.95 Å². The van der Waals surface area contributed by atoms with Gasteiger partial charge in [-0.2, -0.15) is 0 Å². The lowest BCUT2D eigenvalue weighted by Gasteiger charge is -2.23. The fourth-order valence-corrected chi connectivity index (χ4v) is 3.68. The van der Waals surface area contributed by atoms with E-state index in [0.29, 0.717) is 6.04 Å². The number of hydrogen-bond acceptors (Lipinski definition) is 4. The van der Waals surface area contributed by atoms with Crippen LogP contribution in [0.1, 0.15) is 48.9 Å². The predicted octanol–water partition coefficient (Wildman–Crippen LogP) is 5.14. The van der Waals surface area contributed by atoms with Crippen LogP contribution in [-0.4, -0.2) is 21.0 Å². The van der Waals surface area contributed by atoms with Crippen molar-refractivity contribution in [1.82, 2.24) is 15.0 Å². The van der Waals surface area contributed by atoms with E-state index in [2.05, 4.69) is 45.0 Å². The van der Waals surface area contributed by atoms with E-state index in [1.54, 1.807) is 0 Å². The van der Waals surface area contributed by atoms with Crippen molar-refractivity contribution in [2.45, 2.75) is 45.1 Å². The third kappa shape index (κ3) is 3.45. The average molecular weight is 344 g/mol. The molecule has 3 aromatic rings. The lowest BCUT2D eigenvalue weighted by molar-refractivity contribution is 0.460. The molecule has 1 N–H and O–H groups in total. The lowest BCUT2D eigenvalue weighted by atomic mass is 9.96. The SMILES string of the molecule is C=C(c1ccc2ncccc2c1)c1cnc(NC2CCCCC2)nc1C. The Bertz CT molecular complexity index is 942. The Kier molecular flexibility index (Phi) is 4.65.